The summed E-state index contributed by atoms with van der Waals surface area (Å²) in [5.41, 5.74) is 2.55. The van der Waals surface area contributed by atoms with Gasteiger partial charge in [-0.2, -0.15) is 0 Å². The second-order valence-electron chi connectivity index (χ2n) is 6.34. The second-order valence-corrected chi connectivity index (χ2v) is 6.34. The van der Waals surface area contributed by atoms with E-state index in [4.69, 9.17) is 4.74 Å². The van der Waals surface area contributed by atoms with Crippen LogP contribution < -0.4 is 20.7 Å². The molecule has 0 spiro atoms. The molecule has 142 valence electrons. The fraction of sp³-hybridized carbons (Fsp3) is 0.500. The average molecular weight is 358 g/mol. The molecule has 2 rings (SSSR count). The van der Waals surface area contributed by atoms with Crippen molar-refractivity contribution < 1.29 is 9.53 Å². The summed E-state index contributed by atoms with van der Waals surface area (Å²) in [4.78, 5) is 16.2. The zero-order chi connectivity index (χ0) is 18.6. The summed E-state index contributed by atoms with van der Waals surface area (Å²) in [6, 6.07) is 7.64. The highest BCUT2D eigenvalue weighted by atomic mass is 16.5. The summed E-state index contributed by atoms with van der Waals surface area (Å²) in [7, 11) is 3.35. The van der Waals surface area contributed by atoms with E-state index in [-0.39, 0.29) is 12.5 Å². The van der Waals surface area contributed by atoms with Crippen LogP contribution in [0.1, 0.15) is 37.7 Å². The minimum absolute atomic E-state index is 0.0706. The Morgan fingerprint density at radius 3 is 2.62 bits per heavy atom. The van der Waals surface area contributed by atoms with Crippen LogP contribution in [0, 0.1) is 0 Å². The number of aliphatic imine (C=N–C) groups is 1. The molecule has 0 heterocycles. The maximum atomic E-state index is 12.0. The third-order valence-electron chi connectivity index (χ3n) is 4.41. The van der Waals surface area contributed by atoms with E-state index in [1.165, 1.54) is 31.3 Å². The van der Waals surface area contributed by atoms with Crippen molar-refractivity contribution in [1.29, 1.82) is 0 Å². The smallest absolute Gasteiger partial charge is 0.239 e. The number of benzene rings is 1. The Labute approximate surface area is 156 Å². The van der Waals surface area contributed by atoms with Crippen LogP contribution in [0.5, 0.6) is 5.75 Å². The van der Waals surface area contributed by atoms with Crippen molar-refractivity contribution in [1.82, 2.24) is 16.0 Å². The Morgan fingerprint density at radius 2 is 1.96 bits per heavy atom. The summed E-state index contributed by atoms with van der Waals surface area (Å²) in [6.07, 6.45) is 8.41. The van der Waals surface area contributed by atoms with Gasteiger partial charge in [0.2, 0.25) is 5.91 Å². The van der Waals surface area contributed by atoms with Crippen LogP contribution in [0.2, 0.25) is 0 Å². The van der Waals surface area contributed by atoms with Crippen LogP contribution in [0.4, 0.5) is 0 Å². The summed E-state index contributed by atoms with van der Waals surface area (Å²) in [5.74, 6) is 1.39. The number of hydrogen-bond donors (Lipinski definition) is 3. The zero-order valence-electron chi connectivity index (χ0n) is 15.8. The van der Waals surface area contributed by atoms with Gasteiger partial charge in [0, 0.05) is 20.1 Å². The van der Waals surface area contributed by atoms with Crippen LogP contribution >= 0.6 is 0 Å². The minimum atomic E-state index is -0.0706. The lowest BCUT2D eigenvalue weighted by Crippen LogP contribution is -2.43. The van der Waals surface area contributed by atoms with E-state index in [9.17, 15) is 4.79 Å². The molecular weight excluding hydrogens is 328 g/mol. The molecule has 0 atom stereocenters. The molecule has 6 nitrogen and oxygen atoms in total. The molecule has 1 amide bonds. The number of allylic oxidation sites excluding steroid dienone is 1. The van der Waals surface area contributed by atoms with E-state index in [2.05, 4.69) is 27.0 Å². The second kappa shape index (κ2) is 11.2. The van der Waals surface area contributed by atoms with Gasteiger partial charge in [-0.15, -0.1) is 0 Å². The number of carbonyl (C=O) groups excluding carboxylic acids is 1. The number of hydrogen-bond acceptors (Lipinski definition) is 3. The minimum Gasteiger partial charge on any atom is -0.497 e. The standard InChI is InChI=1S/C20H30N4O2/c1-21-20(22-13-12-16-6-4-3-5-7-16)24-15-19(25)23-14-17-8-10-18(26-2)11-9-17/h6,8-11H,3-5,7,12-15H2,1-2H3,(H,23,25)(H2,21,22,24). The Kier molecular flexibility index (Phi) is 8.52. The molecule has 1 aromatic rings. The summed E-state index contributed by atoms with van der Waals surface area (Å²) in [6.45, 7) is 1.52. The Hall–Kier alpha value is -2.50. The highest BCUT2D eigenvalue weighted by Crippen LogP contribution is 2.19. The van der Waals surface area contributed by atoms with Gasteiger partial charge >= 0.3 is 0 Å². The average Bonchev–Trinajstić information content (AvgIpc) is 2.70. The third kappa shape index (κ3) is 7.17. The number of nitrogens with zero attached hydrogens (tertiary/aromatic N) is 1. The first-order chi connectivity index (χ1) is 12.7. The quantitative estimate of drug-likeness (QED) is 0.379. The third-order valence-corrected chi connectivity index (χ3v) is 4.41. The van der Waals surface area contributed by atoms with Gasteiger partial charge in [-0.05, 0) is 49.8 Å². The molecule has 0 radical (unpaired) electrons. The van der Waals surface area contributed by atoms with E-state index in [0.29, 0.717) is 12.5 Å². The predicted octanol–water partition coefficient (Wildman–Crippen LogP) is 2.37. The number of nitrogens with one attached hydrogen (secondary N) is 3. The van der Waals surface area contributed by atoms with Crippen molar-refractivity contribution in [2.45, 2.75) is 38.6 Å². The monoisotopic (exact) mass is 358 g/mol. The van der Waals surface area contributed by atoms with E-state index in [1.807, 2.05) is 24.3 Å². The van der Waals surface area contributed by atoms with Gasteiger partial charge in [0.25, 0.3) is 0 Å². The maximum absolute atomic E-state index is 12.0. The number of carbonyl (C=O) groups is 1. The van der Waals surface area contributed by atoms with Crippen molar-refractivity contribution in [3.05, 3.63) is 41.5 Å². The van der Waals surface area contributed by atoms with Crippen LogP contribution in [-0.4, -0.2) is 39.1 Å². The molecule has 1 aliphatic carbocycles. The normalized spacial score (nSPS) is 14.4. The van der Waals surface area contributed by atoms with Crippen LogP contribution in [0.25, 0.3) is 0 Å². The molecule has 0 bridgehead atoms. The number of amides is 1. The van der Waals surface area contributed by atoms with Gasteiger partial charge in [0.15, 0.2) is 5.96 Å². The van der Waals surface area contributed by atoms with Gasteiger partial charge < -0.3 is 20.7 Å². The lowest BCUT2D eigenvalue weighted by Gasteiger charge is -2.15. The molecule has 1 aromatic carbocycles. The molecule has 0 unspecified atom stereocenters. The fourth-order valence-electron chi connectivity index (χ4n) is 2.86. The first-order valence-corrected chi connectivity index (χ1v) is 9.23. The summed E-state index contributed by atoms with van der Waals surface area (Å²) < 4.78 is 5.12. The Morgan fingerprint density at radius 1 is 1.15 bits per heavy atom. The van der Waals surface area contributed by atoms with Crippen molar-refractivity contribution >= 4 is 11.9 Å². The molecule has 6 heteroatoms. The summed E-state index contributed by atoms with van der Waals surface area (Å²) >= 11 is 0. The van der Waals surface area contributed by atoms with Crippen molar-refractivity contribution in [2.24, 2.45) is 4.99 Å². The highest BCUT2D eigenvalue weighted by molar-refractivity contribution is 5.86. The number of guanidine groups is 1. The molecule has 26 heavy (non-hydrogen) atoms. The first kappa shape index (κ1) is 19.8. The molecule has 0 fully saturated rings. The molecule has 1 aliphatic rings. The van der Waals surface area contributed by atoms with Gasteiger partial charge in [-0.25, -0.2) is 0 Å². The van der Waals surface area contributed by atoms with Gasteiger partial charge in [0.05, 0.1) is 13.7 Å². The van der Waals surface area contributed by atoms with Crippen molar-refractivity contribution in [3.63, 3.8) is 0 Å². The largest absolute Gasteiger partial charge is 0.497 e. The lowest BCUT2D eigenvalue weighted by atomic mass is 9.97. The van der Waals surface area contributed by atoms with Gasteiger partial charge in [-0.1, -0.05) is 23.8 Å². The molecule has 0 aliphatic heterocycles. The maximum Gasteiger partial charge on any atom is 0.239 e. The Bertz CT molecular complexity index is 623. The topological polar surface area (TPSA) is 74.8 Å². The van der Waals surface area contributed by atoms with E-state index < -0.39 is 0 Å². The van der Waals surface area contributed by atoms with Crippen LogP contribution in [-0.2, 0) is 11.3 Å². The zero-order valence-corrected chi connectivity index (χ0v) is 15.8. The van der Waals surface area contributed by atoms with Crippen LogP contribution in [0.15, 0.2) is 40.9 Å². The summed E-state index contributed by atoms with van der Waals surface area (Å²) in [5, 5.41) is 9.20. The molecule has 3 N–H and O–H groups in total. The fourth-order valence-corrected chi connectivity index (χ4v) is 2.86. The Balaban J connectivity index is 1.63. The van der Waals surface area contributed by atoms with E-state index in [1.54, 1.807) is 14.2 Å². The predicted molar refractivity (Wildman–Crippen MR) is 105 cm³/mol. The highest BCUT2D eigenvalue weighted by Gasteiger charge is 2.06. The number of ether oxygens (including phenoxy) is 1. The number of rotatable bonds is 8. The van der Waals surface area contributed by atoms with E-state index in [0.717, 1.165) is 24.3 Å². The van der Waals surface area contributed by atoms with E-state index >= 15 is 0 Å². The van der Waals surface area contributed by atoms with Crippen molar-refractivity contribution in [2.75, 3.05) is 27.2 Å². The molecule has 0 aromatic heterocycles. The first-order valence-electron chi connectivity index (χ1n) is 9.23. The number of methoxy groups -OCH3 is 1. The molecular formula is C20H30N4O2. The van der Waals surface area contributed by atoms with Gasteiger partial charge in [-0.3, -0.25) is 9.79 Å². The molecule has 0 saturated carbocycles. The lowest BCUT2D eigenvalue weighted by molar-refractivity contribution is -0.120. The van der Waals surface area contributed by atoms with Gasteiger partial charge in [0.1, 0.15) is 5.75 Å². The SMILES string of the molecule is CN=C(NCCC1=CCCCC1)NCC(=O)NCc1ccc(OC)cc1. The molecule has 0 saturated heterocycles. The van der Waals surface area contributed by atoms with Crippen molar-refractivity contribution in [3.8, 4) is 5.75 Å². The van der Waals surface area contributed by atoms with Crippen LogP contribution in [0.3, 0.4) is 0 Å².